The zero-order valence-electron chi connectivity index (χ0n) is 19.7. The maximum absolute atomic E-state index is 13.1. The second-order valence-corrected chi connectivity index (χ2v) is 9.49. The van der Waals surface area contributed by atoms with Crippen molar-refractivity contribution in [3.05, 3.63) is 89.7 Å². The van der Waals surface area contributed by atoms with Crippen molar-refractivity contribution in [3.8, 4) is 5.75 Å². The highest BCUT2D eigenvalue weighted by Crippen LogP contribution is 2.39. The predicted molar refractivity (Wildman–Crippen MR) is 132 cm³/mol. The van der Waals surface area contributed by atoms with Gasteiger partial charge in [-0.2, -0.15) is 0 Å². The average molecular weight is 447 g/mol. The van der Waals surface area contributed by atoms with E-state index in [1.165, 1.54) is 17.7 Å². The molecule has 1 aliphatic rings. The van der Waals surface area contributed by atoms with E-state index in [-0.39, 0.29) is 23.2 Å². The molecule has 0 spiro atoms. The summed E-state index contributed by atoms with van der Waals surface area (Å²) in [5.74, 6) is 0.460. The number of benzene rings is 3. The summed E-state index contributed by atoms with van der Waals surface area (Å²) in [7, 11) is 0. The topological polar surface area (TPSA) is 32.8 Å². The van der Waals surface area contributed by atoms with Crippen LogP contribution < -0.4 is 14.5 Å². The third-order valence-corrected chi connectivity index (χ3v) is 6.20. The van der Waals surface area contributed by atoms with Crippen LogP contribution in [0.25, 0.3) is 0 Å². The lowest BCUT2D eigenvalue weighted by Crippen LogP contribution is -2.44. The minimum atomic E-state index is -0.280. The largest absolute Gasteiger partial charge is 0.492 e. The normalized spacial score (nSPS) is 15.5. The quantitative estimate of drug-likeness (QED) is 0.413. The van der Waals surface area contributed by atoms with E-state index >= 15 is 0 Å². The minimum absolute atomic E-state index is 0.0111. The van der Waals surface area contributed by atoms with E-state index in [0.717, 1.165) is 16.9 Å². The highest BCUT2D eigenvalue weighted by Gasteiger charge is 2.33. The molecule has 1 unspecified atom stereocenters. The SMILES string of the molecule is CC1N(CCOc2ccc(F)cc2)c2ccccc2N1CC(=O)c1ccc(C(C)(C)C)cc1. The third-order valence-electron chi connectivity index (χ3n) is 6.20. The van der Waals surface area contributed by atoms with E-state index in [4.69, 9.17) is 4.74 Å². The number of anilines is 2. The van der Waals surface area contributed by atoms with E-state index in [1.807, 2.05) is 36.4 Å². The fourth-order valence-corrected chi connectivity index (χ4v) is 4.24. The van der Waals surface area contributed by atoms with Crippen molar-refractivity contribution in [1.82, 2.24) is 0 Å². The highest BCUT2D eigenvalue weighted by molar-refractivity contribution is 6.00. The van der Waals surface area contributed by atoms with Gasteiger partial charge in [-0.25, -0.2) is 4.39 Å². The van der Waals surface area contributed by atoms with Crippen molar-refractivity contribution in [3.63, 3.8) is 0 Å². The van der Waals surface area contributed by atoms with E-state index in [1.54, 1.807) is 12.1 Å². The highest BCUT2D eigenvalue weighted by atomic mass is 19.1. The molecule has 0 bridgehead atoms. The molecule has 0 saturated carbocycles. The summed E-state index contributed by atoms with van der Waals surface area (Å²) < 4.78 is 18.9. The number of Topliss-reactive ketones (excluding diaryl/α,β-unsaturated/α-hetero) is 1. The summed E-state index contributed by atoms with van der Waals surface area (Å²) >= 11 is 0. The molecule has 1 heterocycles. The van der Waals surface area contributed by atoms with Crippen molar-refractivity contribution < 1.29 is 13.9 Å². The summed E-state index contributed by atoms with van der Waals surface area (Å²) in [6.45, 7) is 10.0. The van der Waals surface area contributed by atoms with Gasteiger partial charge in [0.05, 0.1) is 30.6 Å². The molecule has 0 amide bonds. The molecule has 1 atom stereocenters. The van der Waals surface area contributed by atoms with Crippen molar-refractivity contribution in [2.75, 3.05) is 29.5 Å². The smallest absolute Gasteiger partial charge is 0.182 e. The number of hydrogen-bond acceptors (Lipinski definition) is 4. The molecule has 0 aromatic heterocycles. The average Bonchev–Trinajstić information content (AvgIpc) is 3.06. The maximum atomic E-state index is 13.1. The summed E-state index contributed by atoms with van der Waals surface area (Å²) in [6.07, 6.45) is 0.0111. The standard InChI is InChI=1S/C28H31FN2O2/c1-20-30(17-18-33-24-15-13-23(29)14-16-24)25-7-5-6-8-26(25)31(20)19-27(32)21-9-11-22(12-10-21)28(2,3)4/h5-16,20H,17-19H2,1-4H3. The van der Waals surface area contributed by atoms with Gasteiger partial charge in [-0.1, -0.05) is 57.2 Å². The van der Waals surface area contributed by atoms with Crippen LogP contribution in [0.1, 0.15) is 43.6 Å². The van der Waals surface area contributed by atoms with Gasteiger partial charge in [-0.3, -0.25) is 4.79 Å². The van der Waals surface area contributed by atoms with Gasteiger partial charge in [0.1, 0.15) is 18.2 Å². The molecule has 3 aromatic carbocycles. The molecular weight excluding hydrogens is 415 g/mol. The first-order valence-corrected chi connectivity index (χ1v) is 11.4. The Morgan fingerprint density at radius 1 is 0.909 bits per heavy atom. The van der Waals surface area contributed by atoms with E-state index in [0.29, 0.717) is 25.4 Å². The van der Waals surface area contributed by atoms with Crippen LogP contribution in [0.15, 0.2) is 72.8 Å². The molecule has 0 N–H and O–H groups in total. The third kappa shape index (κ3) is 5.03. The molecule has 0 fully saturated rings. The number of hydrogen-bond donors (Lipinski definition) is 0. The molecule has 172 valence electrons. The van der Waals surface area contributed by atoms with Gasteiger partial charge >= 0.3 is 0 Å². The lowest BCUT2D eigenvalue weighted by Gasteiger charge is -2.30. The first-order chi connectivity index (χ1) is 15.7. The Labute approximate surface area is 195 Å². The van der Waals surface area contributed by atoms with Gasteiger partial charge in [0, 0.05) is 5.56 Å². The number of carbonyl (C=O) groups excluding carboxylic acids is 1. The second-order valence-electron chi connectivity index (χ2n) is 9.49. The molecule has 4 rings (SSSR count). The van der Waals surface area contributed by atoms with Crippen LogP contribution in [-0.2, 0) is 5.41 Å². The van der Waals surface area contributed by atoms with Gasteiger partial charge in [0.15, 0.2) is 5.78 Å². The van der Waals surface area contributed by atoms with Crippen LogP contribution in [0.4, 0.5) is 15.8 Å². The summed E-state index contributed by atoms with van der Waals surface area (Å²) in [6, 6.07) is 22.2. The number of ether oxygens (including phenoxy) is 1. The Balaban J connectivity index is 1.45. The first-order valence-electron chi connectivity index (χ1n) is 11.4. The lowest BCUT2D eigenvalue weighted by atomic mass is 9.86. The number of ketones is 1. The number of fused-ring (bicyclic) bond motifs is 1. The van der Waals surface area contributed by atoms with Gasteiger partial charge < -0.3 is 14.5 Å². The van der Waals surface area contributed by atoms with Crippen molar-refractivity contribution in [1.29, 1.82) is 0 Å². The van der Waals surface area contributed by atoms with Crippen LogP contribution in [-0.4, -0.2) is 31.6 Å². The molecule has 33 heavy (non-hydrogen) atoms. The van der Waals surface area contributed by atoms with Gasteiger partial charge in [0.2, 0.25) is 0 Å². The molecular formula is C28H31FN2O2. The fourth-order valence-electron chi connectivity index (χ4n) is 4.24. The zero-order valence-corrected chi connectivity index (χ0v) is 19.7. The summed E-state index contributed by atoms with van der Waals surface area (Å²) in [5, 5.41) is 0. The molecule has 5 heteroatoms. The van der Waals surface area contributed by atoms with E-state index < -0.39 is 0 Å². The lowest BCUT2D eigenvalue weighted by molar-refractivity contribution is 0.0997. The fraction of sp³-hybridized carbons (Fsp3) is 0.321. The number of halogens is 1. The van der Waals surface area contributed by atoms with Crippen LogP contribution in [0, 0.1) is 5.82 Å². The van der Waals surface area contributed by atoms with Crippen molar-refractivity contribution in [2.24, 2.45) is 0 Å². The van der Waals surface area contributed by atoms with Crippen LogP contribution >= 0.6 is 0 Å². The van der Waals surface area contributed by atoms with E-state index in [2.05, 4.69) is 49.6 Å². The number of para-hydroxylation sites is 2. The monoisotopic (exact) mass is 446 g/mol. The predicted octanol–water partition coefficient (Wildman–Crippen LogP) is 6.06. The Morgan fingerprint density at radius 2 is 1.52 bits per heavy atom. The van der Waals surface area contributed by atoms with Crippen molar-refractivity contribution in [2.45, 2.75) is 39.3 Å². The summed E-state index contributed by atoms with van der Waals surface area (Å²) in [5.41, 5.74) is 4.13. The Hall–Kier alpha value is -3.34. The Bertz CT molecular complexity index is 1100. The van der Waals surface area contributed by atoms with Crippen molar-refractivity contribution >= 4 is 17.2 Å². The number of rotatable bonds is 7. The molecule has 0 radical (unpaired) electrons. The van der Waals surface area contributed by atoms with Crippen LogP contribution in [0.2, 0.25) is 0 Å². The van der Waals surface area contributed by atoms with Gasteiger partial charge in [0.25, 0.3) is 0 Å². The van der Waals surface area contributed by atoms with Crippen LogP contribution in [0.3, 0.4) is 0 Å². The maximum Gasteiger partial charge on any atom is 0.182 e. The Kier molecular flexibility index (Phi) is 6.41. The molecule has 0 saturated heterocycles. The summed E-state index contributed by atoms with van der Waals surface area (Å²) in [4.78, 5) is 17.5. The zero-order chi connectivity index (χ0) is 23.6. The number of carbonyl (C=O) groups is 1. The second kappa shape index (κ2) is 9.26. The molecule has 3 aromatic rings. The van der Waals surface area contributed by atoms with Crippen LogP contribution in [0.5, 0.6) is 5.75 Å². The molecule has 1 aliphatic heterocycles. The minimum Gasteiger partial charge on any atom is -0.492 e. The Morgan fingerprint density at radius 3 is 2.12 bits per heavy atom. The first kappa shape index (κ1) is 22.8. The van der Waals surface area contributed by atoms with E-state index in [9.17, 15) is 9.18 Å². The number of nitrogens with zero attached hydrogens (tertiary/aromatic N) is 2. The molecule has 4 nitrogen and oxygen atoms in total. The molecule has 0 aliphatic carbocycles. The van der Waals surface area contributed by atoms with Gasteiger partial charge in [-0.15, -0.1) is 0 Å². The van der Waals surface area contributed by atoms with Gasteiger partial charge in [-0.05, 0) is 54.3 Å².